The normalized spacial score (nSPS) is 39.6. The van der Waals surface area contributed by atoms with Gasteiger partial charge in [-0.15, -0.1) is 0 Å². The maximum atomic E-state index is 10.7. The van der Waals surface area contributed by atoms with E-state index in [1.54, 1.807) is 6.92 Å². The first kappa shape index (κ1) is 8.05. The molecule has 2 rings (SSSR count). The zero-order valence-electron chi connectivity index (χ0n) is 7.43. The van der Waals surface area contributed by atoms with E-state index in [1.807, 2.05) is 0 Å². The second-order valence-electron chi connectivity index (χ2n) is 3.95. The molecule has 1 aliphatic carbocycles. The molecule has 0 aromatic rings. The van der Waals surface area contributed by atoms with Crippen molar-refractivity contribution in [3.8, 4) is 0 Å². The Labute approximate surface area is 72.5 Å². The summed E-state index contributed by atoms with van der Waals surface area (Å²) in [5, 5.41) is 2.95. The monoisotopic (exact) mass is 169 g/mol. The van der Waals surface area contributed by atoms with Crippen LogP contribution in [0.2, 0.25) is 0 Å². The third-order valence-electron chi connectivity index (χ3n) is 2.86. The van der Waals surface area contributed by atoms with E-state index < -0.39 is 0 Å². The van der Waals surface area contributed by atoms with Crippen LogP contribution in [0.1, 0.15) is 32.6 Å². The van der Waals surface area contributed by atoms with Crippen LogP contribution in [0.5, 0.6) is 0 Å². The molecule has 0 bridgehead atoms. The lowest BCUT2D eigenvalue weighted by Gasteiger charge is -2.26. The summed E-state index contributed by atoms with van der Waals surface area (Å²) in [6.07, 6.45) is 4.41. The Morgan fingerprint density at radius 1 is 1.50 bits per heavy atom. The topological polar surface area (TPSA) is 41.6 Å². The molecule has 0 unspecified atom stereocenters. The number of carbonyl (C=O) groups excluding carboxylic acids is 1. The first-order valence-electron chi connectivity index (χ1n) is 4.61. The molecule has 2 fully saturated rings. The standard InChI is InChI=1S/C9H15NO2/c1-7(11)10-8-2-4-9(5-3-8)6-12-9/h8H,2-6H2,1H3,(H,10,11). The minimum Gasteiger partial charge on any atom is -0.370 e. The smallest absolute Gasteiger partial charge is 0.217 e. The number of epoxide rings is 1. The Bertz CT molecular complexity index is 189. The second-order valence-corrected chi connectivity index (χ2v) is 3.95. The zero-order chi connectivity index (χ0) is 8.60. The van der Waals surface area contributed by atoms with Crippen LogP contribution in [-0.2, 0) is 9.53 Å². The fourth-order valence-electron chi connectivity index (χ4n) is 1.97. The minimum absolute atomic E-state index is 0.0904. The molecule has 1 spiro atoms. The second kappa shape index (κ2) is 2.73. The number of amides is 1. The number of ether oxygens (including phenoxy) is 1. The van der Waals surface area contributed by atoms with Crippen molar-refractivity contribution in [2.45, 2.75) is 44.2 Å². The maximum absolute atomic E-state index is 10.7. The molecule has 1 aliphatic heterocycles. The fourth-order valence-corrected chi connectivity index (χ4v) is 1.97. The Morgan fingerprint density at radius 2 is 2.08 bits per heavy atom. The average Bonchev–Trinajstić information content (AvgIpc) is 2.75. The predicted molar refractivity (Wildman–Crippen MR) is 44.8 cm³/mol. The number of hydrogen-bond acceptors (Lipinski definition) is 2. The molecule has 1 amide bonds. The van der Waals surface area contributed by atoms with Crippen LogP contribution < -0.4 is 5.32 Å². The van der Waals surface area contributed by atoms with Crippen molar-refractivity contribution < 1.29 is 9.53 Å². The van der Waals surface area contributed by atoms with Crippen molar-refractivity contribution in [2.75, 3.05) is 6.61 Å². The molecule has 2 aliphatic rings. The molecule has 0 radical (unpaired) electrons. The van der Waals surface area contributed by atoms with Crippen molar-refractivity contribution >= 4 is 5.91 Å². The highest BCUT2D eigenvalue weighted by atomic mass is 16.6. The number of rotatable bonds is 1. The minimum atomic E-state index is 0.0904. The first-order valence-corrected chi connectivity index (χ1v) is 4.61. The van der Waals surface area contributed by atoms with Gasteiger partial charge in [-0.1, -0.05) is 0 Å². The van der Waals surface area contributed by atoms with Gasteiger partial charge in [-0.25, -0.2) is 0 Å². The molecule has 0 atom stereocenters. The molecule has 12 heavy (non-hydrogen) atoms. The van der Waals surface area contributed by atoms with Crippen LogP contribution in [-0.4, -0.2) is 24.2 Å². The van der Waals surface area contributed by atoms with E-state index in [2.05, 4.69) is 5.32 Å². The van der Waals surface area contributed by atoms with Gasteiger partial charge >= 0.3 is 0 Å². The summed E-state index contributed by atoms with van der Waals surface area (Å²) in [6.45, 7) is 2.53. The van der Waals surface area contributed by atoms with E-state index in [-0.39, 0.29) is 11.5 Å². The number of nitrogens with one attached hydrogen (secondary N) is 1. The lowest BCUT2D eigenvalue weighted by molar-refractivity contribution is -0.119. The van der Waals surface area contributed by atoms with Gasteiger partial charge in [-0.05, 0) is 25.7 Å². The molecule has 1 saturated carbocycles. The van der Waals surface area contributed by atoms with E-state index in [0.717, 1.165) is 32.3 Å². The highest BCUT2D eigenvalue weighted by molar-refractivity contribution is 5.73. The molecule has 68 valence electrons. The van der Waals surface area contributed by atoms with Crippen LogP contribution in [0, 0.1) is 0 Å². The van der Waals surface area contributed by atoms with Gasteiger partial charge in [0, 0.05) is 13.0 Å². The van der Waals surface area contributed by atoms with Crippen molar-refractivity contribution in [2.24, 2.45) is 0 Å². The van der Waals surface area contributed by atoms with Gasteiger partial charge in [0.15, 0.2) is 0 Å². The largest absolute Gasteiger partial charge is 0.370 e. The SMILES string of the molecule is CC(=O)NC1CCC2(CC1)CO2. The van der Waals surface area contributed by atoms with Crippen molar-refractivity contribution in [1.29, 1.82) is 0 Å². The summed E-state index contributed by atoms with van der Waals surface area (Å²) >= 11 is 0. The van der Waals surface area contributed by atoms with E-state index >= 15 is 0 Å². The highest BCUT2D eigenvalue weighted by Crippen LogP contribution is 2.41. The van der Waals surface area contributed by atoms with Crippen LogP contribution in [0.15, 0.2) is 0 Å². The summed E-state index contributed by atoms with van der Waals surface area (Å²) in [4.78, 5) is 10.7. The maximum Gasteiger partial charge on any atom is 0.217 e. The Morgan fingerprint density at radius 3 is 2.50 bits per heavy atom. The molecule has 3 nitrogen and oxygen atoms in total. The number of hydrogen-bond donors (Lipinski definition) is 1. The van der Waals surface area contributed by atoms with Crippen LogP contribution >= 0.6 is 0 Å². The summed E-state index contributed by atoms with van der Waals surface area (Å²) in [5.41, 5.74) is 0.245. The zero-order valence-corrected chi connectivity index (χ0v) is 7.43. The molecule has 0 aromatic heterocycles. The molecule has 3 heteroatoms. The van der Waals surface area contributed by atoms with Gasteiger partial charge in [-0.3, -0.25) is 4.79 Å². The van der Waals surface area contributed by atoms with E-state index in [9.17, 15) is 4.79 Å². The molecule has 1 saturated heterocycles. The Kier molecular flexibility index (Phi) is 1.83. The first-order chi connectivity index (χ1) is 5.70. The van der Waals surface area contributed by atoms with E-state index in [4.69, 9.17) is 4.74 Å². The van der Waals surface area contributed by atoms with Gasteiger partial charge in [-0.2, -0.15) is 0 Å². The van der Waals surface area contributed by atoms with Crippen LogP contribution in [0.4, 0.5) is 0 Å². The lowest BCUT2D eigenvalue weighted by atomic mass is 9.86. The molecular weight excluding hydrogens is 154 g/mol. The Balaban J connectivity index is 1.78. The van der Waals surface area contributed by atoms with Gasteiger partial charge in [0.1, 0.15) is 0 Å². The van der Waals surface area contributed by atoms with Gasteiger partial charge in [0.05, 0.1) is 12.2 Å². The van der Waals surface area contributed by atoms with Gasteiger partial charge in [0.2, 0.25) is 5.91 Å². The van der Waals surface area contributed by atoms with Crippen LogP contribution in [0.25, 0.3) is 0 Å². The van der Waals surface area contributed by atoms with E-state index in [0.29, 0.717) is 6.04 Å². The molecule has 1 heterocycles. The van der Waals surface area contributed by atoms with Crippen molar-refractivity contribution in [3.05, 3.63) is 0 Å². The summed E-state index contributed by atoms with van der Waals surface area (Å²) in [7, 11) is 0. The molecule has 1 N–H and O–H groups in total. The quantitative estimate of drug-likeness (QED) is 0.591. The third kappa shape index (κ3) is 1.61. The molecule has 0 aromatic carbocycles. The van der Waals surface area contributed by atoms with Gasteiger partial charge < -0.3 is 10.1 Å². The third-order valence-corrected chi connectivity index (χ3v) is 2.86. The summed E-state index contributed by atoms with van der Waals surface area (Å²) < 4.78 is 5.38. The Hall–Kier alpha value is -0.570. The number of carbonyl (C=O) groups is 1. The predicted octanol–water partition coefficient (Wildman–Crippen LogP) is 0.834. The summed E-state index contributed by atoms with van der Waals surface area (Å²) in [5.74, 6) is 0.0904. The fraction of sp³-hybridized carbons (Fsp3) is 0.889. The van der Waals surface area contributed by atoms with Crippen LogP contribution in [0.3, 0.4) is 0 Å². The lowest BCUT2D eigenvalue weighted by Crippen LogP contribution is -2.38. The summed E-state index contributed by atoms with van der Waals surface area (Å²) in [6, 6.07) is 0.400. The highest BCUT2D eigenvalue weighted by Gasteiger charge is 2.46. The van der Waals surface area contributed by atoms with Crippen molar-refractivity contribution in [3.63, 3.8) is 0 Å². The van der Waals surface area contributed by atoms with E-state index in [1.165, 1.54) is 0 Å². The van der Waals surface area contributed by atoms with Crippen molar-refractivity contribution in [1.82, 2.24) is 5.32 Å². The van der Waals surface area contributed by atoms with Gasteiger partial charge in [0.25, 0.3) is 0 Å². The average molecular weight is 169 g/mol. The molecular formula is C9H15NO2.